The molecule has 1 aromatic rings. The molecule has 0 aromatic heterocycles. The van der Waals surface area contributed by atoms with Crippen molar-refractivity contribution in [1.82, 2.24) is 9.80 Å². The van der Waals surface area contributed by atoms with Gasteiger partial charge in [-0.3, -0.25) is 9.69 Å². The van der Waals surface area contributed by atoms with Crippen molar-refractivity contribution in [2.75, 3.05) is 32.8 Å². The van der Waals surface area contributed by atoms with Gasteiger partial charge >= 0.3 is 0 Å². The standard InChI is InChI=1S/C18H24N2O2/c1-2-3-9-19-11-12-22-17(14-19)18(21)20-10-8-15-6-4-5-7-16(15)13-20/h2,4-7,17H,1,3,8-14H2. The third-order valence-corrected chi connectivity index (χ3v) is 4.52. The van der Waals surface area contributed by atoms with E-state index in [1.807, 2.05) is 17.0 Å². The first-order valence-electron chi connectivity index (χ1n) is 8.08. The lowest BCUT2D eigenvalue weighted by Crippen LogP contribution is -2.52. The summed E-state index contributed by atoms with van der Waals surface area (Å²) >= 11 is 0. The van der Waals surface area contributed by atoms with E-state index in [0.717, 1.165) is 32.5 Å². The summed E-state index contributed by atoms with van der Waals surface area (Å²) in [4.78, 5) is 17.0. The second-order valence-corrected chi connectivity index (χ2v) is 6.02. The van der Waals surface area contributed by atoms with Crippen LogP contribution in [0.2, 0.25) is 0 Å². The van der Waals surface area contributed by atoms with Crippen LogP contribution in [0.1, 0.15) is 17.5 Å². The van der Waals surface area contributed by atoms with Crippen LogP contribution < -0.4 is 0 Å². The summed E-state index contributed by atoms with van der Waals surface area (Å²) in [6, 6.07) is 8.39. The van der Waals surface area contributed by atoms with Crippen LogP contribution in [0, 0.1) is 0 Å². The van der Waals surface area contributed by atoms with Gasteiger partial charge in [0.2, 0.25) is 0 Å². The second kappa shape index (κ2) is 7.07. The van der Waals surface area contributed by atoms with Gasteiger partial charge in [-0.05, 0) is 24.0 Å². The van der Waals surface area contributed by atoms with Crippen LogP contribution in [-0.4, -0.2) is 54.6 Å². The van der Waals surface area contributed by atoms with Crippen molar-refractivity contribution < 1.29 is 9.53 Å². The average Bonchev–Trinajstić information content (AvgIpc) is 2.59. The van der Waals surface area contributed by atoms with Gasteiger partial charge in [-0.25, -0.2) is 0 Å². The van der Waals surface area contributed by atoms with Crippen LogP contribution in [-0.2, 0) is 22.5 Å². The Morgan fingerprint density at radius 3 is 2.95 bits per heavy atom. The molecule has 118 valence electrons. The molecule has 1 fully saturated rings. The van der Waals surface area contributed by atoms with Crippen molar-refractivity contribution in [3.8, 4) is 0 Å². The van der Waals surface area contributed by atoms with E-state index in [2.05, 4.69) is 29.7 Å². The van der Waals surface area contributed by atoms with Crippen molar-refractivity contribution in [1.29, 1.82) is 0 Å². The minimum absolute atomic E-state index is 0.137. The van der Waals surface area contributed by atoms with E-state index in [4.69, 9.17) is 4.74 Å². The van der Waals surface area contributed by atoms with E-state index in [1.54, 1.807) is 0 Å². The molecule has 0 saturated carbocycles. The average molecular weight is 300 g/mol. The number of amides is 1. The maximum atomic E-state index is 12.7. The van der Waals surface area contributed by atoms with Crippen LogP contribution in [0.25, 0.3) is 0 Å². The molecule has 2 aliphatic rings. The first-order valence-corrected chi connectivity index (χ1v) is 8.08. The summed E-state index contributed by atoms with van der Waals surface area (Å²) in [6.45, 7) is 8.46. The third-order valence-electron chi connectivity index (χ3n) is 4.52. The molecule has 2 heterocycles. The van der Waals surface area contributed by atoms with Gasteiger partial charge in [0.15, 0.2) is 0 Å². The van der Waals surface area contributed by atoms with E-state index in [9.17, 15) is 4.79 Å². The molecule has 1 aromatic carbocycles. The van der Waals surface area contributed by atoms with Gasteiger partial charge in [0, 0.05) is 32.7 Å². The highest BCUT2D eigenvalue weighted by Gasteiger charge is 2.31. The first-order chi connectivity index (χ1) is 10.8. The van der Waals surface area contributed by atoms with Gasteiger partial charge in [-0.15, -0.1) is 6.58 Å². The maximum Gasteiger partial charge on any atom is 0.253 e. The normalized spacial score (nSPS) is 22.2. The highest BCUT2D eigenvalue weighted by atomic mass is 16.5. The molecule has 4 heteroatoms. The van der Waals surface area contributed by atoms with Crippen LogP contribution in [0.3, 0.4) is 0 Å². The van der Waals surface area contributed by atoms with E-state index < -0.39 is 0 Å². The zero-order chi connectivity index (χ0) is 15.4. The Bertz CT molecular complexity index is 544. The van der Waals surface area contributed by atoms with Gasteiger partial charge in [-0.1, -0.05) is 30.3 Å². The molecule has 0 spiro atoms. The number of hydrogen-bond donors (Lipinski definition) is 0. The van der Waals surface area contributed by atoms with E-state index in [0.29, 0.717) is 19.7 Å². The molecule has 0 N–H and O–H groups in total. The molecule has 4 nitrogen and oxygen atoms in total. The molecule has 1 unspecified atom stereocenters. The molecule has 0 bridgehead atoms. The van der Waals surface area contributed by atoms with Crippen molar-refractivity contribution in [3.63, 3.8) is 0 Å². The van der Waals surface area contributed by atoms with Gasteiger partial charge in [-0.2, -0.15) is 0 Å². The van der Waals surface area contributed by atoms with Crippen molar-refractivity contribution in [3.05, 3.63) is 48.0 Å². The highest BCUT2D eigenvalue weighted by Crippen LogP contribution is 2.20. The Hall–Kier alpha value is -1.65. The smallest absolute Gasteiger partial charge is 0.253 e. The number of benzene rings is 1. The fourth-order valence-corrected chi connectivity index (χ4v) is 3.22. The van der Waals surface area contributed by atoms with Crippen LogP contribution in [0.5, 0.6) is 0 Å². The zero-order valence-corrected chi connectivity index (χ0v) is 13.0. The summed E-state index contributed by atoms with van der Waals surface area (Å²) in [5.74, 6) is 0.137. The SMILES string of the molecule is C=CCCN1CCOC(C(=O)N2CCc3ccccc3C2)C1. The zero-order valence-electron chi connectivity index (χ0n) is 13.0. The third kappa shape index (κ3) is 3.39. The molecule has 1 atom stereocenters. The molecule has 22 heavy (non-hydrogen) atoms. The summed E-state index contributed by atoms with van der Waals surface area (Å²) in [7, 11) is 0. The number of hydrogen-bond acceptors (Lipinski definition) is 3. The van der Waals surface area contributed by atoms with Crippen LogP contribution in [0.15, 0.2) is 36.9 Å². The topological polar surface area (TPSA) is 32.8 Å². The lowest BCUT2D eigenvalue weighted by molar-refractivity contribution is -0.150. The lowest BCUT2D eigenvalue weighted by Gasteiger charge is -2.36. The number of rotatable bonds is 4. The number of nitrogens with zero attached hydrogens (tertiary/aromatic N) is 2. The maximum absolute atomic E-state index is 12.7. The number of carbonyl (C=O) groups excluding carboxylic acids is 1. The Balaban J connectivity index is 1.61. The van der Waals surface area contributed by atoms with Crippen molar-refractivity contribution in [2.45, 2.75) is 25.5 Å². The van der Waals surface area contributed by atoms with Gasteiger partial charge < -0.3 is 9.64 Å². The number of morpholine rings is 1. The quantitative estimate of drug-likeness (QED) is 0.796. The molecular formula is C18H24N2O2. The fourth-order valence-electron chi connectivity index (χ4n) is 3.22. The predicted molar refractivity (Wildman–Crippen MR) is 86.6 cm³/mol. The summed E-state index contributed by atoms with van der Waals surface area (Å²) < 4.78 is 5.73. The first kappa shape index (κ1) is 15.3. The number of fused-ring (bicyclic) bond motifs is 1. The predicted octanol–water partition coefficient (Wildman–Crippen LogP) is 1.85. The molecule has 0 radical (unpaired) electrons. The molecule has 2 aliphatic heterocycles. The number of carbonyl (C=O) groups is 1. The monoisotopic (exact) mass is 300 g/mol. The molecular weight excluding hydrogens is 276 g/mol. The Morgan fingerprint density at radius 2 is 2.14 bits per heavy atom. The van der Waals surface area contributed by atoms with Crippen molar-refractivity contribution >= 4 is 5.91 Å². The fraction of sp³-hybridized carbons (Fsp3) is 0.500. The largest absolute Gasteiger partial charge is 0.366 e. The second-order valence-electron chi connectivity index (χ2n) is 6.02. The molecule has 0 aliphatic carbocycles. The summed E-state index contributed by atoms with van der Waals surface area (Å²) in [5, 5.41) is 0. The molecule has 1 amide bonds. The lowest BCUT2D eigenvalue weighted by atomic mass is 9.99. The van der Waals surface area contributed by atoms with Crippen LogP contribution >= 0.6 is 0 Å². The van der Waals surface area contributed by atoms with Gasteiger partial charge in [0.05, 0.1) is 6.61 Å². The van der Waals surface area contributed by atoms with Gasteiger partial charge in [0.1, 0.15) is 6.10 Å². The Kier molecular flexibility index (Phi) is 4.90. The molecule has 1 saturated heterocycles. The number of ether oxygens (including phenoxy) is 1. The minimum atomic E-state index is -0.316. The summed E-state index contributed by atoms with van der Waals surface area (Å²) in [6.07, 6.45) is 3.50. The highest BCUT2D eigenvalue weighted by molar-refractivity contribution is 5.81. The van der Waals surface area contributed by atoms with Gasteiger partial charge in [0.25, 0.3) is 5.91 Å². The Morgan fingerprint density at radius 1 is 1.32 bits per heavy atom. The molecule has 3 rings (SSSR count). The Labute approximate surface area is 132 Å². The van der Waals surface area contributed by atoms with Crippen LogP contribution in [0.4, 0.5) is 0 Å². The van der Waals surface area contributed by atoms with Crippen molar-refractivity contribution in [2.24, 2.45) is 0 Å². The van der Waals surface area contributed by atoms with E-state index >= 15 is 0 Å². The van der Waals surface area contributed by atoms with E-state index in [1.165, 1.54) is 11.1 Å². The van der Waals surface area contributed by atoms with E-state index in [-0.39, 0.29) is 12.0 Å². The minimum Gasteiger partial charge on any atom is -0.366 e. The summed E-state index contributed by atoms with van der Waals surface area (Å²) in [5.41, 5.74) is 2.63.